The van der Waals surface area contributed by atoms with Crippen LogP contribution in [-0.4, -0.2) is 30.6 Å². The fraction of sp³-hybridized carbons (Fsp3) is 0.333. The monoisotopic (exact) mass is 480 g/mol. The van der Waals surface area contributed by atoms with E-state index in [0.717, 1.165) is 22.6 Å². The summed E-state index contributed by atoms with van der Waals surface area (Å²) >= 11 is 0. The first-order valence-corrected chi connectivity index (χ1v) is 14.3. The van der Waals surface area contributed by atoms with E-state index in [0.29, 0.717) is 6.61 Å². The third-order valence-corrected chi connectivity index (χ3v) is 10.3. The second-order valence-corrected chi connectivity index (χ2v) is 14.7. The van der Waals surface area contributed by atoms with Crippen LogP contribution in [0.15, 0.2) is 66.7 Å². The van der Waals surface area contributed by atoms with Crippen LogP contribution in [-0.2, 0) is 6.61 Å². The van der Waals surface area contributed by atoms with Gasteiger partial charge in [-0.15, -0.1) is 0 Å². The lowest BCUT2D eigenvalue weighted by Crippen LogP contribution is -2.43. The van der Waals surface area contributed by atoms with Gasteiger partial charge in [0.1, 0.15) is 18.1 Å². The van der Waals surface area contributed by atoms with Gasteiger partial charge >= 0.3 is 7.12 Å². The highest BCUT2D eigenvalue weighted by molar-refractivity contribution is 6.74. The van der Waals surface area contributed by atoms with Gasteiger partial charge in [-0.2, -0.15) is 0 Å². The highest BCUT2D eigenvalue weighted by Gasteiger charge is 2.39. The molecule has 0 bridgehead atoms. The van der Waals surface area contributed by atoms with Crippen molar-refractivity contribution >= 4 is 20.9 Å². The Morgan fingerprint density at radius 1 is 0.824 bits per heavy atom. The molecule has 0 heterocycles. The van der Waals surface area contributed by atoms with Crippen molar-refractivity contribution in [1.82, 2.24) is 0 Å². The van der Waals surface area contributed by atoms with Gasteiger partial charge in [0, 0.05) is 5.46 Å². The first-order chi connectivity index (χ1) is 15.8. The van der Waals surface area contributed by atoms with Crippen LogP contribution in [0.5, 0.6) is 17.2 Å². The van der Waals surface area contributed by atoms with Gasteiger partial charge < -0.3 is 24.3 Å². The van der Waals surface area contributed by atoms with Gasteiger partial charge in [-0.05, 0) is 66.9 Å². The van der Waals surface area contributed by atoms with E-state index in [1.165, 1.54) is 17.7 Å². The summed E-state index contributed by atoms with van der Waals surface area (Å²) < 4.78 is 12.5. The average Bonchev–Trinajstić information content (AvgIpc) is 2.73. The molecule has 0 saturated heterocycles. The molecule has 0 aromatic heterocycles. The lowest BCUT2D eigenvalue weighted by atomic mass is 9.79. The zero-order valence-corrected chi connectivity index (χ0v) is 22.3. The van der Waals surface area contributed by atoms with Crippen molar-refractivity contribution in [3.8, 4) is 17.2 Å². The maximum Gasteiger partial charge on any atom is 0.492 e. The molecule has 0 aliphatic rings. The molecule has 3 aromatic rings. The van der Waals surface area contributed by atoms with Crippen LogP contribution in [0.25, 0.3) is 0 Å². The normalized spacial score (nSPS) is 11.3. The number of aromatic hydroxyl groups is 1. The predicted molar refractivity (Wildman–Crippen MR) is 142 cm³/mol. The summed E-state index contributed by atoms with van der Waals surface area (Å²) in [4.78, 5) is 0. The van der Waals surface area contributed by atoms with Crippen molar-refractivity contribution in [1.29, 1.82) is 0 Å². The molecule has 0 saturated carbocycles. The molecule has 7 heteroatoms. The number of hydrogen-bond donors (Lipinski definition) is 3. The van der Waals surface area contributed by atoms with Crippen LogP contribution in [0.3, 0.4) is 0 Å². The van der Waals surface area contributed by atoms with E-state index >= 15 is 0 Å². The molecule has 3 rings (SSSR count). The molecule has 34 heavy (non-hydrogen) atoms. The Morgan fingerprint density at radius 2 is 1.41 bits per heavy atom. The summed E-state index contributed by atoms with van der Waals surface area (Å²) in [6.07, 6.45) is 0. The summed E-state index contributed by atoms with van der Waals surface area (Å²) in [7, 11) is -3.49. The molecular formula is C27H37BO5Si. The Kier molecular flexibility index (Phi) is 9.38. The molecule has 0 amide bonds. The third kappa shape index (κ3) is 7.94. The van der Waals surface area contributed by atoms with Crippen LogP contribution in [0, 0.1) is 13.8 Å². The van der Waals surface area contributed by atoms with Crippen molar-refractivity contribution in [3.05, 3.63) is 83.4 Å². The maximum absolute atomic E-state index is 9.14. The summed E-state index contributed by atoms with van der Waals surface area (Å²) in [5.41, 5.74) is 3.36. The van der Waals surface area contributed by atoms with Gasteiger partial charge in [-0.3, -0.25) is 0 Å². The Balaban J connectivity index is 0.000000310. The quantitative estimate of drug-likeness (QED) is 0.415. The standard InChI is InChI=1S/C20H28O2Si.C7H9BO3/c1-16-12-13-18(21-15-17-10-8-7-9-11-17)19(14-16)22-23(5,6)20(2,3)4;1-5-2-3-6(8(10)11)7(9)4-5/h7-14H,15H2,1-6H3;2-4,9-11H,1H3. The lowest BCUT2D eigenvalue weighted by molar-refractivity contribution is 0.294. The van der Waals surface area contributed by atoms with Crippen LogP contribution >= 0.6 is 0 Å². The van der Waals surface area contributed by atoms with Crippen molar-refractivity contribution in [2.24, 2.45) is 0 Å². The smallest absolute Gasteiger partial charge is 0.492 e. The van der Waals surface area contributed by atoms with Crippen LogP contribution in [0.1, 0.15) is 37.5 Å². The minimum absolute atomic E-state index is 0.0833. The molecule has 182 valence electrons. The van der Waals surface area contributed by atoms with E-state index in [2.05, 4.69) is 65.1 Å². The molecule has 0 radical (unpaired) electrons. The first kappa shape index (κ1) is 27.5. The number of phenols is 1. The summed E-state index contributed by atoms with van der Waals surface area (Å²) in [5.74, 6) is 1.61. The molecule has 0 unspecified atom stereocenters. The number of benzene rings is 3. The average molecular weight is 480 g/mol. The van der Waals surface area contributed by atoms with Gasteiger partial charge in [0.2, 0.25) is 0 Å². The van der Waals surface area contributed by atoms with E-state index in [4.69, 9.17) is 24.3 Å². The van der Waals surface area contributed by atoms with Gasteiger partial charge in [-0.25, -0.2) is 0 Å². The summed E-state index contributed by atoms with van der Waals surface area (Å²) in [6.45, 7) is 15.7. The van der Waals surface area contributed by atoms with Crippen molar-refractivity contribution in [2.75, 3.05) is 0 Å². The predicted octanol–water partition coefficient (Wildman–Crippen LogP) is 5.34. The number of ether oxygens (including phenoxy) is 1. The molecular weight excluding hydrogens is 443 g/mol. The molecule has 0 aliphatic carbocycles. The zero-order chi connectivity index (χ0) is 25.5. The third-order valence-electron chi connectivity index (χ3n) is 5.97. The second kappa shape index (κ2) is 11.6. The SMILES string of the molecule is Cc1ccc(B(O)O)c(O)c1.Cc1ccc(OCc2ccccc2)c(O[Si](C)(C)C(C)(C)C)c1. The Bertz CT molecular complexity index is 1060. The highest BCUT2D eigenvalue weighted by Crippen LogP contribution is 2.40. The molecule has 0 spiro atoms. The number of aryl methyl sites for hydroxylation is 2. The van der Waals surface area contributed by atoms with Crippen molar-refractivity contribution in [3.63, 3.8) is 0 Å². The summed E-state index contributed by atoms with van der Waals surface area (Å²) in [5, 5.41) is 26.7. The lowest BCUT2D eigenvalue weighted by Gasteiger charge is -2.37. The maximum atomic E-state index is 9.14. The first-order valence-electron chi connectivity index (χ1n) is 11.4. The van der Waals surface area contributed by atoms with Gasteiger partial charge in [-0.1, -0.05) is 69.3 Å². The Morgan fingerprint density at radius 3 is 1.97 bits per heavy atom. The number of rotatable bonds is 6. The van der Waals surface area contributed by atoms with Gasteiger partial charge in [0.05, 0.1) is 0 Å². The van der Waals surface area contributed by atoms with Gasteiger partial charge in [0.25, 0.3) is 8.32 Å². The fourth-order valence-electron chi connectivity index (χ4n) is 2.85. The molecule has 0 aliphatic heterocycles. The second-order valence-electron chi connectivity index (χ2n) is 10.0. The van der Waals surface area contributed by atoms with Crippen LogP contribution in [0.2, 0.25) is 18.1 Å². The van der Waals surface area contributed by atoms with Crippen molar-refractivity contribution in [2.45, 2.75) is 59.4 Å². The molecule has 3 N–H and O–H groups in total. The molecule has 0 fully saturated rings. The largest absolute Gasteiger partial charge is 0.541 e. The Labute approximate surface area is 205 Å². The Hall–Kier alpha value is -2.74. The van der Waals surface area contributed by atoms with Crippen molar-refractivity contribution < 1.29 is 24.3 Å². The number of hydrogen-bond acceptors (Lipinski definition) is 5. The van der Waals surface area contributed by atoms with Gasteiger partial charge in [0.15, 0.2) is 5.75 Å². The van der Waals surface area contributed by atoms with Crippen LogP contribution in [0.4, 0.5) is 0 Å². The van der Waals surface area contributed by atoms with E-state index < -0.39 is 15.4 Å². The number of phenolic OH excluding ortho intramolecular Hbond substituents is 1. The summed E-state index contributed by atoms with van der Waals surface area (Å²) in [6, 6.07) is 21.0. The van der Waals surface area contributed by atoms with E-state index in [9.17, 15) is 0 Å². The molecule has 0 atom stereocenters. The van der Waals surface area contributed by atoms with E-state index in [1.54, 1.807) is 6.07 Å². The highest BCUT2D eigenvalue weighted by atomic mass is 28.4. The fourth-order valence-corrected chi connectivity index (χ4v) is 3.87. The zero-order valence-electron chi connectivity index (χ0n) is 21.3. The minimum Gasteiger partial charge on any atom is -0.541 e. The van der Waals surface area contributed by atoms with E-state index in [1.807, 2.05) is 31.2 Å². The molecule has 5 nitrogen and oxygen atoms in total. The minimum atomic E-state index is -1.89. The van der Waals surface area contributed by atoms with E-state index in [-0.39, 0.29) is 16.3 Å². The topological polar surface area (TPSA) is 79.2 Å². The van der Waals surface area contributed by atoms with Crippen LogP contribution < -0.4 is 14.6 Å². The molecule has 3 aromatic carbocycles.